The lowest BCUT2D eigenvalue weighted by molar-refractivity contribution is -0.0208. The number of aliphatic hydroxyl groups is 2. The molecule has 436 valence electrons. The summed E-state index contributed by atoms with van der Waals surface area (Å²) in [6.45, 7) is 5.76. The van der Waals surface area contributed by atoms with Crippen LogP contribution >= 0.6 is 0 Å². The van der Waals surface area contributed by atoms with E-state index in [9.17, 15) is 10.2 Å². The highest BCUT2D eigenvalue weighted by Crippen LogP contribution is 2.23. The Balaban J connectivity index is 0.000000334. The summed E-state index contributed by atoms with van der Waals surface area (Å²) in [5.74, 6) is 0. The first-order chi connectivity index (χ1) is 36.9. The van der Waals surface area contributed by atoms with Gasteiger partial charge < -0.3 is 101 Å². The monoisotopic (exact) mass is 1150 g/mol. The lowest BCUT2D eigenvalue weighted by atomic mass is 10.4. The van der Waals surface area contributed by atoms with Gasteiger partial charge in [0.15, 0.2) is 0 Å². The lowest BCUT2D eigenvalue weighted by Crippen LogP contribution is -2.49. The molecule has 0 aliphatic carbocycles. The highest BCUT2D eigenvalue weighted by molar-refractivity contribution is 6.61. The molecule has 1 fully saturated rings. The predicted octanol–water partition coefficient (Wildman–Crippen LogP) is 2.90. The standard InChI is InChI=1S/C23H44N4O9Si2.C12H24N2O5Si.C11H20N2O4Si/c1-29-37(30-2,31-3)14-6-13-35-19-23(17-27-11-9-25-21-27)36-38(32-4,33-5)15-7-12-34-18-22(28)16-26-10-8-24-20-26;1-16-20(17-2,18-3)8-4-7-19-10-12(15)9-14-6-5-13-11-14;1-14-18(15-2)7-3-6-16-9-11(17-18)8-13-5-4-12-10-13/h8-11,20-23,28H,6-7,12-19H2,1-5H3;5-6,11-12,15H,4,7-10H2,1-3H3;4-5,10-11H,3,6-9H2,1-2H3. The minimum Gasteiger partial charge on any atom is -0.389 e. The number of hydrogen-bond donors (Lipinski definition) is 2. The number of aromatic nitrogens is 8. The quantitative estimate of drug-likeness (QED) is 0.0483. The number of ether oxygens (including phenoxy) is 4. The maximum Gasteiger partial charge on any atom is 0.500 e. The molecule has 0 saturated carbocycles. The van der Waals surface area contributed by atoms with Crippen LogP contribution in [0, 0.1) is 0 Å². The average molecular weight is 1150 g/mol. The molecule has 4 unspecified atom stereocenters. The molecule has 5 rings (SSSR count). The molecule has 1 aliphatic rings. The molecular formula is C46H88N8O18Si4. The van der Waals surface area contributed by atoms with Gasteiger partial charge in [-0.2, -0.15) is 0 Å². The number of aliphatic hydroxyl groups excluding tert-OH is 2. The molecule has 0 bridgehead atoms. The fourth-order valence-electron chi connectivity index (χ4n) is 7.83. The molecule has 2 N–H and O–H groups in total. The number of rotatable bonds is 38. The smallest absolute Gasteiger partial charge is 0.389 e. The van der Waals surface area contributed by atoms with Crippen LogP contribution < -0.4 is 0 Å². The summed E-state index contributed by atoms with van der Waals surface area (Å²) in [7, 11) is 5.44. The van der Waals surface area contributed by atoms with Crippen LogP contribution in [0.3, 0.4) is 0 Å². The van der Waals surface area contributed by atoms with Gasteiger partial charge in [-0.25, -0.2) is 19.9 Å². The van der Waals surface area contributed by atoms with Crippen molar-refractivity contribution in [3.05, 3.63) is 74.9 Å². The van der Waals surface area contributed by atoms with Crippen molar-refractivity contribution in [1.29, 1.82) is 0 Å². The second-order valence-corrected chi connectivity index (χ2v) is 29.3. The Bertz CT molecular complexity index is 1910. The third kappa shape index (κ3) is 25.4. The van der Waals surface area contributed by atoms with Crippen molar-refractivity contribution in [3.63, 3.8) is 0 Å². The van der Waals surface area contributed by atoms with Gasteiger partial charge >= 0.3 is 35.2 Å². The number of imidazole rings is 4. The molecular weight excluding hydrogens is 1060 g/mol. The highest BCUT2D eigenvalue weighted by atomic mass is 28.4. The normalized spacial score (nSPS) is 16.4. The van der Waals surface area contributed by atoms with Crippen LogP contribution in [-0.4, -0.2) is 232 Å². The van der Waals surface area contributed by atoms with Gasteiger partial charge in [0, 0.05) is 171 Å². The van der Waals surface area contributed by atoms with Gasteiger partial charge in [0.2, 0.25) is 0 Å². The van der Waals surface area contributed by atoms with Crippen molar-refractivity contribution in [1.82, 2.24) is 38.2 Å². The molecule has 1 saturated heterocycles. The van der Waals surface area contributed by atoms with Gasteiger partial charge in [0.05, 0.1) is 102 Å². The van der Waals surface area contributed by atoms with Crippen LogP contribution in [-0.2, 0) is 98.2 Å². The highest BCUT2D eigenvalue weighted by Gasteiger charge is 2.43. The van der Waals surface area contributed by atoms with Crippen molar-refractivity contribution in [2.24, 2.45) is 0 Å². The van der Waals surface area contributed by atoms with Crippen molar-refractivity contribution in [2.45, 2.75) is 100 Å². The third-order valence-electron chi connectivity index (χ3n) is 12.0. The summed E-state index contributed by atoms with van der Waals surface area (Å²) in [5, 5.41) is 19.9. The van der Waals surface area contributed by atoms with Crippen LogP contribution in [0.15, 0.2) is 74.9 Å². The second-order valence-electron chi connectivity index (χ2n) is 17.3. The Morgan fingerprint density at radius 3 is 1.33 bits per heavy atom. The topological polar surface area (TPSA) is 259 Å². The SMILES string of the molecule is CO[Si](CCCOCC(Cn1ccnc1)O[Si](CCCOCC(O)Cn1ccnc1)(OC)OC)(OC)OC.CO[Si](CCCOCC(O)Cn1ccnc1)(OC)OC.CO[Si]1(OC)CCCOCC(Cn2ccnc2)O1. The molecule has 76 heavy (non-hydrogen) atoms. The van der Waals surface area contributed by atoms with E-state index in [1.165, 1.54) is 0 Å². The maximum absolute atomic E-state index is 10.1. The minimum atomic E-state index is -3.01. The summed E-state index contributed by atoms with van der Waals surface area (Å²) < 4.78 is 97.7. The number of hydrogen-bond acceptors (Lipinski definition) is 22. The zero-order valence-corrected chi connectivity index (χ0v) is 50.4. The molecule has 0 spiro atoms. The van der Waals surface area contributed by atoms with Crippen molar-refractivity contribution in [2.75, 3.05) is 124 Å². The van der Waals surface area contributed by atoms with Crippen LogP contribution in [0.5, 0.6) is 0 Å². The maximum atomic E-state index is 10.1. The Morgan fingerprint density at radius 2 is 0.934 bits per heavy atom. The fraction of sp³-hybridized carbons (Fsp3) is 0.739. The molecule has 4 aromatic rings. The molecule has 30 heteroatoms. The van der Waals surface area contributed by atoms with Crippen molar-refractivity contribution < 1.29 is 82.3 Å². The first-order valence-electron chi connectivity index (χ1n) is 25.2. The Morgan fingerprint density at radius 1 is 0.539 bits per heavy atom. The Hall–Kier alpha value is -3.01. The fourth-order valence-corrected chi connectivity index (χ4v) is 15.4. The Labute approximate surface area is 453 Å². The second kappa shape index (κ2) is 38.6. The third-order valence-corrected chi connectivity index (χ3v) is 23.5. The van der Waals surface area contributed by atoms with E-state index in [4.69, 9.17) is 72.1 Å². The predicted molar refractivity (Wildman–Crippen MR) is 285 cm³/mol. The lowest BCUT2D eigenvalue weighted by Gasteiger charge is -2.33. The van der Waals surface area contributed by atoms with Crippen molar-refractivity contribution in [3.8, 4) is 0 Å². The summed E-state index contributed by atoms with van der Waals surface area (Å²) in [4.78, 5) is 16.0. The minimum absolute atomic E-state index is 0.0638. The molecule has 0 aromatic carbocycles. The van der Waals surface area contributed by atoms with Gasteiger partial charge in [-0.15, -0.1) is 0 Å². The molecule has 4 aromatic heterocycles. The molecule has 26 nitrogen and oxygen atoms in total. The van der Waals surface area contributed by atoms with E-state index in [0.29, 0.717) is 90.4 Å². The van der Waals surface area contributed by atoms with Crippen LogP contribution in [0.1, 0.15) is 25.7 Å². The first kappa shape index (κ1) is 67.3. The zero-order chi connectivity index (χ0) is 55.4. The van der Waals surface area contributed by atoms with Crippen molar-refractivity contribution >= 4 is 35.2 Å². The zero-order valence-electron chi connectivity index (χ0n) is 46.4. The summed E-state index contributed by atoms with van der Waals surface area (Å²) in [6, 6.07) is 2.69. The first-order valence-corrected chi connectivity index (χ1v) is 33.0. The molecule has 5 heterocycles. The number of nitrogens with zero attached hydrogens (tertiary/aromatic N) is 8. The van der Waals surface area contributed by atoms with Crippen LogP contribution in [0.4, 0.5) is 0 Å². The average Bonchev–Trinajstić information content (AvgIpc) is 4.32. The van der Waals surface area contributed by atoms with E-state index in [1.54, 1.807) is 134 Å². The van der Waals surface area contributed by atoms with E-state index in [1.807, 2.05) is 30.7 Å². The molecule has 0 amide bonds. The Kier molecular flexibility index (Phi) is 34.1. The van der Waals surface area contributed by atoms with Gasteiger partial charge in [-0.1, -0.05) is 0 Å². The van der Waals surface area contributed by atoms with Gasteiger partial charge in [0.1, 0.15) is 0 Å². The largest absolute Gasteiger partial charge is 0.500 e. The summed E-state index contributed by atoms with van der Waals surface area (Å²) in [5.41, 5.74) is 0. The molecule has 1 aliphatic heterocycles. The van der Waals surface area contributed by atoms with Crippen LogP contribution in [0.2, 0.25) is 24.2 Å². The van der Waals surface area contributed by atoms with Gasteiger partial charge in [-0.3, -0.25) is 0 Å². The van der Waals surface area contributed by atoms with E-state index >= 15 is 0 Å². The van der Waals surface area contributed by atoms with E-state index in [0.717, 1.165) is 31.9 Å². The van der Waals surface area contributed by atoms with Crippen LogP contribution in [0.25, 0.3) is 0 Å². The molecule has 0 radical (unpaired) electrons. The van der Waals surface area contributed by atoms with E-state index in [2.05, 4.69) is 19.9 Å². The van der Waals surface area contributed by atoms with E-state index < -0.39 is 47.4 Å². The summed E-state index contributed by atoms with van der Waals surface area (Å²) >= 11 is 0. The van der Waals surface area contributed by atoms with Gasteiger partial charge in [0.25, 0.3) is 0 Å². The van der Waals surface area contributed by atoms with Gasteiger partial charge in [-0.05, 0) is 25.7 Å². The summed E-state index contributed by atoms with van der Waals surface area (Å²) in [6.07, 6.45) is 22.6. The molecule has 4 atom stereocenters. The van der Waals surface area contributed by atoms with E-state index in [-0.39, 0.29) is 18.8 Å².